The number of nitrogens with zero attached hydrogens (tertiary/aromatic N) is 5. The van der Waals surface area contributed by atoms with E-state index < -0.39 is 0 Å². The van der Waals surface area contributed by atoms with E-state index in [1.807, 2.05) is 30.0 Å². The third-order valence-corrected chi connectivity index (χ3v) is 8.23. The average Bonchev–Trinajstić information content (AvgIpc) is 3.55. The highest BCUT2D eigenvalue weighted by atomic mass is 32.2. The van der Waals surface area contributed by atoms with Crippen LogP contribution in [0.5, 0.6) is 0 Å². The minimum absolute atomic E-state index is 0.202. The number of piperidine rings is 1. The van der Waals surface area contributed by atoms with Crippen LogP contribution >= 0.6 is 11.8 Å². The van der Waals surface area contributed by atoms with Gasteiger partial charge in [0.05, 0.1) is 11.8 Å². The topological polar surface area (TPSA) is 54.3 Å². The number of para-hydroxylation sites is 1. The highest BCUT2D eigenvalue weighted by molar-refractivity contribution is 8.00. The molecular weight excluding hydrogens is 454 g/mol. The monoisotopic (exact) mass is 489 g/mol. The number of rotatable bonds is 8. The van der Waals surface area contributed by atoms with Crippen LogP contribution in [0.25, 0.3) is 5.69 Å². The van der Waals surface area contributed by atoms with Gasteiger partial charge in [-0.05, 0) is 75.7 Å². The summed E-state index contributed by atoms with van der Waals surface area (Å²) in [5.41, 5.74) is 2.45. The van der Waals surface area contributed by atoms with Crippen LogP contribution in [0.2, 0.25) is 0 Å². The van der Waals surface area contributed by atoms with E-state index >= 15 is 0 Å². The van der Waals surface area contributed by atoms with E-state index in [-0.39, 0.29) is 11.2 Å². The van der Waals surface area contributed by atoms with Gasteiger partial charge >= 0.3 is 0 Å². The normalized spacial score (nSPS) is 18.1. The largest absolute Gasteiger partial charge is 0.342 e. The summed E-state index contributed by atoms with van der Waals surface area (Å²) in [6.07, 6.45) is 5.73. The molecule has 0 spiro atoms. The Morgan fingerprint density at radius 1 is 0.943 bits per heavy atom. The van der Waals surface area contributed by atoms with Crippen molar-refractivity contribution in [1.82, 2.24) is 24.6 Å². The molecule has 6 nitrogen and oxygen atoms in total. The number of hydrogen-bond acceptors (Lipinski definition) is 5. The Balaban J connectivity index is 1.23. The lowest BCUT2D eigenvalue weighted by molar-refractivity contribution is -0.131. The zero-order chi connectivity index (χ0) is 24.0. The van der Waals surface area contributed by atoms with Crippen molar-refractivity contribution in [3.05, 3.63) is 72.1 Å². The molecule has 3 aromatic rings. The molecule has 0 N–H and O–H groups in total. The number of benzene rings is 2. The predicted molar refractivity (Wildman–Crippen MR) is 141 cm³/mol. The van der Waals surface area contributed by atoms with Gasteiger partial charge in [0, 0.05) is 18.8 Å². The molecule has 3 heterocycles. The molecule has 0 bridgehead atoms. The molecule has 184 valence electrons. The van der Waals surface area contributed by atoms with Gasteiger partial charge in [-0.15, -0.1) is 10.2 Å². The first-order valence-corrected chi connectivity index (χ1v) is 13.8. The first-order chi connectivity index (χ1) is 17.2. The van der Waals surface area contributed by atoms with Crippen LogP contribution in [0.1, 0.15) is 44.0 Å². The van der Waals surface area contributed by atoms with Gasteiger partial charge in [0.25, 0.3) is 0 Å². The SMILES string of the molecule is CC(Sc1nnc(CN2CCCC2)n1-c1ccccc1)C(=O)N1CCC(Cc2ccccc2)CC1. The van der Waals surface area contributed by atoms with Crippen LogP contribution in [0.3, 0.4) is 0 Å². The lowest BCUT2D eigenvalue weighted by Crippen LogP contribution is -2.42. The number of carbonyl (C=O) groups is 1. The molecule has 0 radical (unpaired) electrons. The summed E-state index contributed by atoms with van der Waals surface area (Å²) in [6, 6.07) is 21.0. The van der Waals surface area contributed by atoms with Crippen molar-refractivity contribution in [1.29, 1.82) is 0 Å². The fraction of sp³-hybridized carbons (Fsp3) is 0.464. The van der Waals surface area contributed by atoms with Crippen LogP contribution in [0.4, 0.5) is 0 Å². The molecule has 1 atom stereocenters. The Morgan fingerprint density at radius 3 is 2.29 bits per heavy atom. The summed E-state index contributed by atoms with van der Waals surface area (Å²) in [7, 11) is 0. The van der Waals surface area contributed by atoms with Crippen molar-refractivity contribution >= 4 is 17.7 Å². The molecule has 1 aromatic heterocycles. The second kappa shape index (κ2) is 11.4. The van der Waals surface area contributed by atoms with Crippen LogP contribution < -0.4 is 0 Å². The Hall–Kier alpha value is -2.64. The van der Waals surface area contributed by atoms with Gasteiger partial charge in [-0.25, -0.2) is 0 Å². The third kappa shape index (κ3) is 5.96. The molecule has 7 heteroatoms. The zero-order valence-corrected chi connectivity index (χ0v) is 21.4. The minimum atomic E-state index is -0.202. The Kier molecular flexibility index (Phi) is 7.84. The molecule has 1 amide bonds. The molecule has 2 aromatic carbocycles. The Morgan fingerprint density at radius 2 is 1.60 bits per heavy atom. The zero-order valence-electron chi connectivity index (χ0n) is 20.6. The lowest BCUT2D eigenvalue weighted by Gasteiger charge is -2.33. The lowest BCUT2D eigenvalue weighted by atomic mass is 9.90. The van der Waals surface area contributed by atoms with Crippen LogP contribution in [0.15, 0.2) is 65.8 Å². The van der Waals surface area contributed by atoms with E-state index in [9.17, 15) is 4.79 Å². The van der Waals surface area contributed by atoms with E-state index in [0.717, 1.165) is 68.7 Å². The first kappa shape index (κ1) is 24.1. The predicted octanol–water partition coefficient (Wildman–Crippen LogP) is 4.83. The van der Waals surface area contributed by atoms with Gasteiger partial charge in [-0.1, -0.05) is 60.3 Å². The maximum atomic E-state index is 13.3. The number of hydrogen-bond donors (Lipinski definition) is 0. The van der Waals surface area contributed by atoms with E-state index in [4.69, 9.17) is 0 Å². The molecule has 35 heavy (non-hydrogen) atoms. The van der Waals surface area contributed by atoms with Crippen molar-refractivity contribution in [2.45, 2.75) is 56.0 Å². The van der Waals surface area contributed by atoms with Crippen LogP contribution in [-0.2, 0) is 17.8 Å². The van der Waals surface area contributed by atoms with Gasteiger partial charge < -0.3 is 4.90 Å². The third-order valence-electron chi connectivity index (χ3n) is 7.20. The van der Waals surface area contributed by atoms with Crippen LogP contribution in [-0.4, -0.2) is 61.9 Å². The van der Waals surface area contributed by atoms with Gasteiger partial charge in [0.2, 0.25) is 5.91 Å². The maximum absolute atomic E-state index is 13.3. The maximum Gasteiger partial charge on any atom is 0.235 e. The van der Waals surface area contributed by atoms with Crippen molar-refractivity contribution in [3.63, 3.8) is 0 Å². The van der Waals surface area contributed by atoms with Crippen LogP contribution in [0, 0.1) is 5.92 Å². The molecule has 1 unspecified atom stereocenters. The van der Waals surface area contributed by atoms with Gasteiger partial charge in [0.15, 0.2) is 11.0 Å². The highest BCUT2D eigenvalue weighted by Crippen LogP contribution is 2.29. The molecule has 2 aliphatic heterocycles. The molecular formula is C28H35N5OS. The summed E-state index contributed by atoms with van der Waals surface area (Å²) in [4.78, 5) is 17.8. The average molecular weight is 490 g/mol. The van der Waals surface area contributed by atoms with E-state index in [0.29, 0.717) is 5.92 Å². The molecule has 2 saturated heterocycles. The second-order valence-electron chi connectivity index (χ2n) is 9.77. The summed E-state index contributed by atoms with van der Waals surface area (Å²) in [6.45, 7) is 6.70. The van der Waals surface area contributed by atoms with Crippen molar-refractivity contribution in [2.75, 3.05) is 26.2 Å². The van der Waals surface area contributed by atoms with Crippen molar-refractivity contribution in [2.24, 2.45) is 5.92 Å². The van der Waals surface area contributed by atoms with Crippen molar-refractivity contribution < 1.29 is 4.79 Å². The van der Waals surface area contributed by atoms with Gasteiger partial charge in [0.1, 0.15) is 0 Å². The first-order valence-electron chi connectivity index (χ1n) is 12.9. The second-order valence-corrected chi connectivity index (χ2v) is 11.1. The smallest absolute Gasteiger partial charge is 0.235 e. The Bertz CT molecular complexity index is 1090. The number of aromatic nitrogens is 3. The molecule has 0 saturated carbocycles. The van der Waals surface area contributed by atoms with Gasteiger partial charge in [-0.3, -0.25) is 14.3 Å². The van der Waals surface area contributed by atoms with Gasteiger partial charge in [-0.2, -0.15) is 0 Å². The fourth-order valence-electron chi connectivity index (χ4n) is 5.23. The molecule has 5 rings (SSSR count). The summed E-state index contributed by atoms with van der Waals surface area (Å²) < 4.78 is 2.14. The molecule has 2 aliphatic rings. The Labute approximate surface area is 212 Å². The summed E-state index contributed by atoms with van der Waals surface area (Å²) in [5.74, 6) is 1.80. The number of carbonyl (C=O) groups excluding carboxylic acids is 1. The molecule has 0 aliphatic carbocycles. The number of thioether (sulfide) groups is 1. The highest BCUT2D eigenvalue weighted by Gasteiger charge is 2.29. The van der Waals surface area contributed by atoms with E-state index in [1.165, 1.54) is 30.2 Å². The number of likely N-dealkylation sites (tertiary alicyclic amines) is 2. The number of amides is 1. The van der Waals surface area contributed by atoms with Crippen molar-refractivity contribution in [3.8, 4) is 5.69 Å². The van der Waals surface area contributed by atoms with E-state index in [2.05, 4.69) is 62.1 Å². The molecule has 2 fully saturated rings. The standard InChI is InChI=1S/C28H35N5OS/c1-22(27(34)32-18-14-24(15-19-32)20-23-10-4-2-5-11-23)35-28-30-29-26(21-31-16-8-9-17-31)33(28)25-12-6-3-7-13-25/h2-7,10-13,22,24H,8-9,14-21H2,1H3. The summed E-state index contributed by atoms with van der Waals surface area (Å²) in [5, 5.41) is 9.69. The minimum Gasteiger partial charge on any atom is -0.342 e. The quantitative estimate of drug-likeness (QED) is 0.425. The summed E-state index contributed by atoms with van der Waals surface area (Å²) >= 11 is 1.53. The van der Waals surface area contributed by atoms with E-state index in [1.54, 1.807) is 0 Å². The fourth-order valence-corrected chi connectivity index (χ4v) is 6.20.